The van der Waals surface area contributed by atoms with Crippen LogP contribution in [0.2, 0.25) is 0 Å². The highest BCUT2D eigenvalue weighted by Gasteiger charge is 2.22. The molecule has 1 amide bonds. The molecule has 1 aromatic rings. The minimum absolute atomic E-state index is 0.0781. The third kappa shape index (κ3) is 4.40. The van der Waals surface area contributed by atoms with Crippen molar-refractivity contribution in [2.75, 3.05) is 5.75 Å². The zero-order valence-corrected chi connectivity index (χ0v) is 10.5. The van der Waals surface area contributed by atoms with Gasteiger partial charge in [0.25, 0.3) is 0 Å². The number of benzene rings is 1. The Labute approximate surface area is 106 Å². The molecule has 4 heteroatoms. The molecule has 0 unspecified atom stereocenters. The summed E-state index contributed by atoms with van der Waals surface area (Å²) in [5.41, 5.74) is 0.917. The molecule has 1 aliphatic carbocycles. The smallest absolute Gasteiger partial charge is 0.221 e. The number of aliphatic hydroxyl groups excluding tert-OH is 1. The maximum absolute atomic E-state index is 11.4. The topological polar surface area (TPSA) is 49.3 Å². The summed E-state index contributed by atoms with van der Waals surface area (Å²) in [6.07, 6.45) is 2.85. The molecule has 17 heavy (non-hydrogen) atoms. The maximum Gasteiger partial charge on any atom is 0.221 e. The third-order valence-corrected chi connectivity index (χ3v) is 3.66. The molecule has 1 aromatic carbocycles. The van der Waals surface area contributed by atoms with Crippen molar-refractivity contribution >= 4 is 17.7 Å². The van der Waals surface area contributed by atoms with Crippen molar-refractivity contribution in [3.8, 4) is 0 Å². The largest absolute Gasteiger partial charge is 0.392 e. The number of aliphatic hydroxyl groups is 1. The molecule has 0 saturated heterocycles. The second-order valence-corrected chi connectivity index (χ2v) is 5.41. The van der Waals surface area contributed by atoms with E-state index in [0.717, 1.165) is 29.1 Å². The van der Waals surface area contributed by atoms with Crippen LogP contribution in [0.1, 0.15) is 24.8 Å². The highest BCUT2D eigenvalue weighted by atomic mass is 32.2. The molecule has 2 N–H and O–H groups in total. The number of hydrogen-bond donors (Lipinski definition) is 2. The van der Waals surface area contributed by atoms with Crippen molar-refractivity contribution in [1.82, 2.24) is 5.32 Å². The van der Waals surface area contributed by atoms with Crippen LogP contribution in [0.25, 0.3) is 0 Å². The van der Waals surface area contributed by atoms with E-state index in [1.54, 1.807) is 11.8 Å². The zero-order valence-electron chi connectivity index (χ0n) is 9.69. The molecular weight excluding hydrogens is 234 g/mol. The van der Waals surface area contributed by atoms with E-state index < -0.39 is 0 Å². The summed E-state index contributed by atoms with van der Waals surface area (Å²) in [7, 11) is 0. The van der Waals surface area contributed by atoms with E-state index >= 15 is 0 Å². The van der Waals surface area contributed by atoms with Gasteiger partial charge in [0, 0.05) is 23.1 Å². The van der Waals surface area contributed by atoms with Crippen molar-refractivity contribution in [3.05, 3.63) is 29.8 Å². The van der Waals surface area contributed by atoms with E-state index in [2.05, 4.69) is 5.32 Å². The van der Waals surface area contributed by atoms with E-state index in [-0.39, 0.29) is 12.5 Å². The van der Waals surface area contributed by atoms with Gasteiger partial charge >= 0.3 is 0 Å². The Balaban J connectivity index is 1.67. The quantitative estimate of drug-likeness (QED) is 0.760. The van der Waals surface area contributed by atoms with Crippen LogP contribution in [0.15, 0.2) is 29.2 Å². The Kier molecular flexibility index (Phi) is 4.45. The molecule has 0 radical (unpaired) electrons. The fourth-order valence-electron chi connectivity index (χ4n) is 1.48. The lowest BCUT2D eigenvalue weighted by Crippen LogP contribution is -2.25. The van der Waals surface area contributed by atoms with Crippen molar-refractivity contribution in [2.45, 2.75) is 36.8 Å². The number of amides is 1. The average molecular weight is 251 g/mol. The number of hydrogen-bond acceptors (Lipinski definition) is 3. The van der Waals surface area contributed by atoms with Gasteiger partial charge in [-0.15, -0.1) is 11.8 Å². The van der Waals surface area contributed by atoms with Crippen LogP contribution >= 0.6 is 11.8 Å². The summed E-state index contributed by atoms with van der Waals surface area (Å²) in [6.45, 7) is 0.0781. The maximum atomic E-state index is 11.4. The summed E-state index contributed by atoms with van der Waals surface area (Å²) >= 11 is 1.67. The predicted molar refractivity (Wildman–Crippen MR) is 68.9 cm³/mol. The fraction of sp³-hybridized carbons (Fsp3) is 0.462. The number of nitrogens with one attached hydrogen (secondary N) is 1. The van der Waals surface area contributed by atoms with Gasteiger partial charge < -0.3 is 10.4 Å². The first kappa shape index (κ1) is 12.5. The summed E-state index contributed by atoms with van der Waals surface area (Å²) in [4.78, 5) is 12.6. The molecule has 1 fully saturated rings. The van der Waals surface area contributed by atoms with Crippen LogP contribution in [0.5, 0.6) is 0 Å². The Hall–Kier alpha value is -1.00. The van der Waals surface area contributed by atoms with Crippen molar-refractivity contribution in [3.63, 3.8) is 0 Å². The van der Waals surface area contributed by atoms with Gasteiger partial charge in [-0.3, -0.25) is 4.79 Å². The lowest BCUT2D eigenvalue weighted by molar-refractivity contribution is -0.120. The van der Waals surface area contributed by atoms with E-state index in [9.17, 15) is 4.79 Å². The fourth-order valence-corrected chi connectivity index (χ4v) is 2.33. The molecule has 0 aliphatic heterocycles. The highest BCUT2D eigenvalue weighted by Crippen LogP contribution is 2.21. The minimum atomic E-state index is 0.0781. The summed E-state index contributed by atoms with van der Waals surface area (Å²) in [6, 6.07) is 8.24. The van der Waals surface area contributed by atoms with Crippen LogP contribution in [-0.4, -0.2) is 22.8 Å². The molecule has 0 atom stereocenters. The van der Waals surface area contributed by atoms with Crippen molar-refractivity contribution < 1.29 is 9.90 Å². The van der Waals surface area contributed by atoms with Crippen LogP contribution in [-0.2, 0) is 11.4 Å². The standard InChI is InChI=1S/C13H17NO2S/c15-9-10-1-5-12(6-2-10)17-8-7-13(16)14-11-3-4-11/h1-2,5-6,11,15H,3-4,7-9H2,(H,14,16). The molecule has 1 aliphatic rings. The SMILES string of the molecule is O=C(CCSc1ccc(CO)cc1)NC1CC1. The number of thioether (sulfide) groups is 1. The second kappa shape index (κ2) is 6.07. The third-order valence-electron chi connectivity index (χ3n) is 2.65. The average Bonchev–Trinajstić information content (AvgIpc) is 3.14. The normalized spacial score (nSPS) is 14.6. The molecule has 92 valence electrons. The lowest BCUT2D eigenvalue weighted by Gasteiger charge is -2.04. The molecule has 0 heterocycles. The summed E-state index contributed by atoms with van der Waals surface area (Å²) in [5, 5.41) is 11.9. The van der Waals surface area contributed by atoms with Crippen molar-refractivity contribution in [2.24, 2.45) is 0 Å². The van der Waals surface area contributed by atoms with Gasteiger partial charge in [-0.1, -0.05) is 12.1 Å². The molecule has 0 aromatic heterocycles. The molecule has 2 rings (SSSR count). The van der Waals surface area contributed by atoms with Gasteiger partial charge in [0.2, 0.25) is 5.91 Å². The molecule has 3 nitrogen and oxygen atoms in total. The first-order valence-corrected chi connectivity index (χ1v) is 6.88. The molecule has 0 spiro atoms. The number of carbonyl (C=O) groups is 1. The van der Waals surface area contributed by atoms with Crippen LogP contribution in [0.4, 0.5) is 0 Å². The first-order valence-electron chi connectivity index (χ1n) is 5.90. The number of rotatable bonds is 6. The Morgan fingerprint density at radius 2 is 2.06 bits per heavy atom. The zero-order chi connectivity index (χ0) is 12.1. The van der Waals surface area contributed by atoms with E-state index in [1.165, 1.54) is 0 Å². The van der Waals surface area contributed by atoms with Gasteiger partial charge in [0.05, 0.1) is 6.61 Å². The highest BCUT2D eigenvalue weighted by molar-refractivity contribution is 7.99. The number of carbonyl (C=O) groups excluding carboxylic acids is 1. The Morgan fingerprint density at radius 1 is 1.35 bits per heavy atom. The Morgan fingerprint density at radius 3 is 2.65 bits per heavy atom. The van der Waals surface area contributed by atoms with E-state index in [0.29, 0.717) is 12.5 Å². The van der Waals surface area contributed by atoms with E-state index in [1.807, 2.05) is 24.3 Å². The second-order valence-electron chi connectivity index (χ2n) is 4.24. The summed E-state index contributed by atoms with van der Waals surface area (Å²) < 4.78 is 0. The summed E-state index contributed by atoms with van der Waals surface area (Å²) in [5.74, 6) is 0.962. The van der Waals surface area contributed by atoms with Gasteiger partial charge in [-0.25, -0.2) is 0 Å². The Bertz CT molecular complexity index is 374. The molecule has 1 saturated carbocycles. The van der Waals surface area contributed by atoms with Crippen LogP contribution in [0, 0.1) is 0 Å². The minimum Gasteiger partial charge on any atom is -0.392 e. The lowest BCUT2D eigenvalue weighted by atomic mass is 10.2. The molecular formula is C13H17NO2S. The van der Waals surface area contributed by atoms with E-state index in [4.69, 9.17) is 5.11 Å². The van der Waals surface area contributed by atoms with Gasteiger partial charge in [0.1, 0.15) is 0 Å². The molecule has 0 bridgehead atoms. The monoisotopic (exact) mass is 251 g/mol. The van der Waals surface area contributed by atoms with Crippen LogP contribution < -0.4 is 5.32 Å². The first-order chi connectivity index (χ1) is 8.28. The van der Waals surface area contributed by atoms with Gasteiger partial charge in [0.15, 0.2) is 0 Å². The predicted octanol–water partition coefficient (Wildman–Crippen LogP) is 1.94. The van der Waals surface area contributed by atoms with Gasteiger partial charge in [-0.2, -0.15) is 0 Å². The van der Waals surface area contributed by atoms with Crippen LogP contribution in [0.3, 0.4) is 0 Å². The van der Waals surface area contributed by atoms with Gasteiger partial charge in [-0.05, 0) is 30.5 Å². The van der Waals surface area contributed by atoms with Crippen molar-refractivity contribution in [1.29, 1.82) is 0 Å².